The highest BCUT2D eigenvalue weighted by atomic mass is 31.2. The van der Waals surface area contributed by atoms with Crippen LogP contribution in [0.25, 0.3) is 10.9 Å². The molecule has 0 aliphatic heterocycles. The molecule has 0 spiro atoms. The second-order valence-electron chi connectivity index (χ2n) is 4.24. The van der Waals surface area contributed by atoms with E-state index in [2.05, 4.69) is 18.8 Å². The molecule has 2 aromatic rings. The molecule has 0 aliphatic carbocycles. The van der Waals surface area contributed by atoms with Gasteiger partial charge in [-0.1, -0.05) is 44.9 Å². The molecule has 0 amide bonds. The molecule has 1 aromatic heterocycles. The number of aromatic nitrogens is 1. The van der Waals surface area contributed by atoms with E-state index in [1.54, 1.807) is 12.1 Å². The van der Waals surface area contributed by atoms with E-state index in [1.807, 2.05) is 24.3 Å². The van der Waals surface area contributed by atoms with Crippen molar-refractivity contribution in [2.75, 3.05) is 6.66 Å². The van der Waals surface area contributed by atoms with Crippen LogP contribution in [0.15, 0.2) is 36.4 Å². The summed E-state index contributed by atoms with van der Waals surface area (Å²) in [6.45, 7) is 5.49. The molecule has 4 nitrogen and oxygen atoms in total. The molecule has 0 bridgehead atoms. The van der Waals surface area contributed by atoms with Crippen molar-refractivity contribution in [3.05, 3.63) is 36.4 Å². The Bertz CT molecular complexity index is 563. The number of para-hydroxylation sites is 1. The van der Waals surface area contributed by atoms with Gasteiger partial charge in [0.15, 0.2) is 0 Å². The summed E-state index contributed by atoms with van der Waals surface area (Å²) in [6.07, 6.45) is 2.64. The van der Waals surface area contributed by atoms with Gasteiger partial charge in [0, 0.05) is 18.1 Å². The quantitative estimate of drug-likeness (QED) is 0.855. The number of nitrogens with zero attached hydrogens (tertiary/aromatic N) is 1. The van der Waals surface area contributed by atoms with Gasteiger partial charge in [-0.15, -0.1) is 0 Å². The van der Waals surface area contributed by atoms with Crippen LogP contribution in [0.1, 0.15) is 26.7 Å². The van der Waals surface area contributed by atoms with Crippen LogP contribution in [-0.4, -0.2) is 16.5 Å². The number of unbranched alkanes of at least 4 members (excludes halogenated alkanes) is 1. The van der Waals surface area contributed by atoms with Crippen LogP contribution in [-0.2, 0) is 4.57 Å². The highest BCUT2D eigenvalue weighted by Gasteiger charge is 2.12. The van der Waals surface area contributed by atoms with Gasteiger partial charge in [0.1, 0.15) is 0 Å². The van der Waals surface area contributed by atoms with Crippen LogP contribution in [0, 0.1) is 0 Å². The predicted molar refractivity (Wildman–Crippen MR) is 78.7 cm³/mol. The summed E-state index contributed by atoms with van der Waals surface area (Å²) in [4.78, 5) is 13.1. The summed E-state index contributed by atoms with van der Waals surface area (Å²) in [5.41, 5.74) is 0.739. The fraction of sp³-hybridized carbons (Fsp3) is 0.357. The molecule has 1 heterocycles. The van der Waals surface area contributed by atoms with E-state index >= 15 is 0 Å². The monoisotopic (exact) mass is 281 g/mol. The van der Waals surface area contributed by atoms with Gasteiger partial charge in [0.25, 0.3) is 0 Å². The second-order valence-corrected chi connectivity index (χ2v) is 6.03. The first-order chi connectivity index (χ1) is 8.96. The Labute approximate surface area is 114 Å². The molecular formula is C14H20NO3P. The Hall–Kier alpha value is -1.38. The number of pyridine rings is 1. The number of benzene rings is 1. The minimum absolute atomic E-state index is 0.169. The van der Waals surface area contributed by atoms with E-state index in [0.717, 1.165) is 17.6 Å². The molecule has 0 saturated heterocycles. The van der Waals surface area contributed by atoms with Crippen molar-refractivity contribution in [1.82, 2.24) is 4.98 Å². The van der Waals surface area contributed by atoms with Gasteiger partial charge in [-0.3, -0.25) is 0 Å². The van der Waals surface area contributed by atoms with E-state index in [-0.39, 0.29) is 5.88 Å². The lowest BCUT2D eigenvalue weighted by atomic mass is 10.2. The second kappa shape index (κ2) is 7.27. The number of rotatable bonds is 3. The van der Waals surface area contributed by atoms with Gasteiger partial charge in [0.2, 0.25) is 5.88 Å². The van der Waals surface area contributed by atoms with Crippen molar-refractivity contribution in [2.45, 2.75) is 26.7 Å². The number of fused-ring (bicyclic) bond motifs is 1. The maximum Gasteiger partial charge on any atom is 0.374 e. The van der Waals surface area contributed by atoms with Crippen LogP contribution >= 0.6 is 7.60 Å². The fourth-order valence-corrected chi connectivity index (χ4v) is 1.72. The molecule has 0 aliphatic rings. The molecule has 5 heteroatoms. The SMILES string of the molecule is CCCC.CP(=O)(O)Oc1ccc2ccccc2n1. The number of hydrogen-bond acceptors (Lipinski definition) is 3. The van der Waals surface area contributed by atoms with E-state index in [1.165, 1.54) is 12.8 Å². The first kappa shape index (κ1) is 15.7. The first-order valence-electron chi connectivity index (χ1n) is 6.32. The zero-order valence-corrected chi connectivity index (χ0v) is 12.4. The topological polar surface area (TPSA) is 59.4 Å². The van der Waals surface area contributed by atoms with Gasteiger partial charge in [0.05, 0.1) is 5.52 Å². The normalized spacial score (nSPS) is 13.3. The Morgan fingerprint density at radius 3 is 2.37 bits per heavy atom. The van der Waals surface area contributed by atoms with Gasteiger partial charge >= 0.3 is 7.60 Å². The number of hydrogen-bond donors (Lipinski definition) is 1. The van der Waals surface area contributed by atoms with E-state index < -0.39 is 7.60 Å². The third-order valence-electron chi connectivity index (χ3n) is 2.34. The average Bonchev–Trinajstić information content (AvgIpc) is 2.37. The van der Waals surface area contributed by atoms with Crippen LogP contribution in [0.2, 0.25) is 0 Å². The Morgan fingerprint density at radius 1 is 1.16 bits per heavy atom. The lowest BCUT2D eigenvalue weighted by molar-refractivity contribution is 0.382. The fourth-order valence-electron chi connectivity index (χ4n) is 1.27. The molecule has 2 rings (SSSR count). The smallest absolute Gasteiger partial charge is 0.374 e. The molecule has 1 unspecified atom stereocenters. The van der Waals surface area contributed by atoms with Crippen LogP contribution in [0.5, 0.6) is 5.88 Å². The molecule has 1 atom stereocenters. The van der Waals surface area contributed by atoms with Gasteiger partial charge in [-0.05, 0) is 12.1 Å². The molecule has 1 aromatic carbocycles. The van der Waals surface area contributed by atoms with Crippen molar-refractivity contribution in [3.8, 4) is 5.88 Å². The minimum atomic E-state index is -3.53. The molecule has 104 valence electrons. The lowest BCUT2D eigenvalue weighted by Gasteiger charge is -2.07. The van der Waals surface area contributed by atoms with E-state index in [0.29, 0.717) is 0 Å². The third kappa shape index (κ3) is 5.86. The Balaban J connectivity index is 0.000000399. The summed E-state index contributed by atoms with van der Waals surface area (Å²) in [5.74, 6) is 0.169. The van der Waals surface area contributed by atoms with Crippen molar-refractivity contribution >= 4 is 18.5 Å². The van der Waals surface area contributed by atoms with Gasteiger partial charge in [-0.25, -0.2) is 9.55 Å². The summed E-state index contributed by atoms with van der Waals surface area (Å²) in [5, 5.41) is 0.966. The first-order valence-corrected chi connectivity index (χ1v) is 8.34. The summed E-state index contributed by atoms with van der Waals surface area (Å²) in [6, 6.07) is 10.9. The average molecular weight is 281 g/mol. The van der Waals surface area contributed by atoms with Crippen LogP contribution in [0.3, 0.4) is 0 Å². The molecular weight excluding hydrogens is 261 g/mol. The predicted octanol–water partition coefficient (Wildman–Crippen LogP) is 4.24. The molecule has 0 fully saturated rings. The minimum Gasteiger partial charge on any atom is -0.406 e. The zero-order valence-electron chi connectivity index (χ0n) is 11.5. The van der Waals surface area contributed by atoms with E-state index in [9.17, 15) is 4.57 Å². The van der Waals surface area contributed by atoms with Crippen molar-refractivity contribution in [1.29, 1.82) is 0 Å². The van der Waals surface area contributed by atoms with E-state index in [4.69, 9.17) is 9.42 Å². The standard InChI is InChI=1S/C10H10NO3P.C4H10/c1-15(12,13)14-10-7-6-8-4-2-3-5-9(8)11-10;1-3-4-2/h2-7H,1H3,(H,12,13);3-4H2,1-2H3. The highest BCUT2D eigenvalue weighted by molar-refractivity contribution is 7.52. The van der Waals surface area contributed by atoms with Gasteiger partial charge in [-0.2, -0.15) is 0 Å². The van der Waals surface area contributed by atoms with Crippen molar-refractivity contribution < 1.29 is 14.0 Å². The largest absolute Gasteiger partial charge is 0.406 e. The maximum absolute atomic E-state index is 11.0. The maximum atomic E-state index is 11.0. The highest BCUT2D eigenvalue weighted by Crippen LogP contribution is 2.37. The zero-order chi connectivity index (χ0) is 14.3. The molecule has 19 heavy (non-hydrogen) atoms. The Kier molecular flexibility index (Phi) is 6.00. The summed E-state index contributed by atoms with van der Waals surface area (Å²) < 4.78 is 15.8. The van der Waals surface area contributed by atoms with Gasteiger partial charge < -0.3 is 9.42 Å². The van der Waals surface area contributed by atoms with Crippen LogP contribution < -0.4 is 4.52 Å². The molecule has 0 saturated carbocycles. The molecule has 1 N–H and O–H groups in total. The molecule has 0 radical (unpaired) electrons. The Morgan fingerprint density at radius 2 is 1.79 bits per heavy atom. The van der Waals surface area contributed by atoms with Crippen molar-refractivity contribution in [2.24, 2.45) is 0 Å². The summed E-state index contributed by atoms with van der Waals surface area (Å²) >= 11 is 0. The van der Waals surface area contributed by atoms with Crippen LogP contribution in [0.4, 0.5) is 0 Å². The lowest BCUT2D eigenvalue weighted by Crippen LogP contribution is -1.92. The summed E-state index contributed by atoms with van der Waals surface area (Å²) in [7, 11) is -3.53. The van der Waals surface area contributed by atoms with Crippen molar-refractivity contribution in [3.63, 3.8) is 0 Å². The third-order valence-corrected chi connectivity index (χ3v) is 2.86.